The second kappa shape index (κ2) is 1.80. The standard InChI is InChI=1S/C4H2N2OS/c5-1-3-6-2-4(7)8-3/h2,7H. The Kier molecular flexibility index (Phi) is 1.14. The smallest absolute Gasteiger partial charge is 0.197 e. The molecule has 0 radical (unpaired) electrons. The highest BCUT2D eigenvalue weighted by Crippen LogP contribution is 2.17. The van der Waals surface area contributed by atoms with E-state index < -0.39 is 0 Å². The Hall–Kier alpha value is -1.08. The number of thiazole rings is 1. The number of hydrogen-bond acceptors (Lipinski definition) is 4. The average molecular weight is 126 g/mol. The minimum Gasteiger partial charge on any atom is -0.498 e. The number of aromatic nitrogens is 1. The molecule has 1 N–H and O–H groups in total. The summed E-state index contributed by atoms with van der Waals surface area (Å²) in [7, 11) is 0. The zero-order valence-electron chi connectivity index (χ0n) is 3.83. The van der Waals surface area contributed by atoms with Crippen LogP contribution in [0.3, 0.4) is 0 Å². The molecule has 1 aromatic heterocycles. The van der Waals surface area contributed by atoms with Gasteiger partial charge < -0.3 is 5.11 Å². The SMILES string of the molecule is N#Cc1ncc(O)s1. The van der Waals surface area contributed by atoms with E-state index in [1.54, 1.807) is 6.07 Å². The molecule has 1 rings (SSSR count). The van der Waals surface area contributed by atoms with E-state index in [1.165, 1.54) is 6.20 Å². The number of nitrogens with zero attached hydrogens (tertiary/aromatic N) is 2. The van der Waals surface area contributed by atoms with E-state index in [1.807, 2.05) is 0 Å². The van der Waals surface area contributed by atoms with Gasteiger partial charge in [-0.05, 0) is 0 Å². The number of hydrogen-bond donors (Lipinski definition) is 1. The Bertz CT molecular complexity index is 224. The molecule has 3 nitrogen and oxygen atoms in total. The molecule has 0 spiro atoms. The Morgan fingerprint density at radius 2 is 2.62 bits per heavy atom. The van der Waals surface area contributed by atoms with Gasteiger partial charge >= 0.3 is 0 Å². The summed E-state index contributed by atoms with van der Waals surface area (Å²) in [6.07, 6.45) is 1.25. The van der Waals surface area contributed by atoms with E-state index in [2.05, 4.69) is 4.98 Å². The third-order valence-electron chi connectivity index (χ3n) is 0.589. The van der Waals surface area contributed by atoms with Crippen molar-refractivity contribution < 1.29 is 5.11 Å². The Morgan fingerprint density at radius 3 is 2.88 bits per heavy atom. The van der Waals surface area contributed by atoms with Crippen molar-refractivity contribution >= 4 is 11.3 Å². The van der Waals surface area contributed by atoms with Gasteiger partial charge in [-0.25, -0.2) is 4.98 Å². The van der Waals surface area contributed by atoms with Crippen LogP contribution in [0.15, 0.2) is 6.20 Å². The lowest BCUT2D eigenvalue weighted by molar-refractivity contribution is 0.489. The van der Waals surface area contributed by atoms with Crippen molar-refractivity contribution in [2.45, 2.75) is 0 Å². The van der Waals surface area contributed by atoms with Crippen LogP contribution in [-0.2, 0) is 0 Å². The lowest BCUT2D eigenvalue weighted by atomic mass is 10.8. The van der Waals surface area contributed by atoms with Crippen molar-refractivity contribution in [2.75, 3.05) is 0 Å². The van der Waals surface area contributed by atoms with Crippen molar-refractivity contribution in [1.29, 1.82) is 5.26 Å². The molecule has 0 aliphatic heterocycles. The summed E-state index contributed by atoms with van der Waals surface area (Å²) >= 11 is 0.971. The van der Waals surface area contributed by atoms with Crippen LogP contribution in [0.5, 0.6) is 5.06 Å². The minimum atomic E-state index is 0.0848. The Balaban J connectivity index is 3.05. The lowest BCUT2D eigenvalue weighted by Crippen LogP contribution is -1.61. The summed E-state index contributed by atoms with van der Waals surface area (Å²) in [5.41, 5.74) is 0. The van der Waals surface area contributed by atoms with E-state index in [-0.39, 0.29) is 5.06 Å². The Morgan fingerprint density at radius 1 is 1.88 bits per heavy atom. The molecule has 1 aromatic rings. The number of rotatable bonds is 0. The molecule has 8 heavy (non-hydrogen) atoms. The first kappa shape index (κ1) is 5.06. The van der Waals surface area contributed by atoms with Crippen molar-refractivity contribution in [2.24, 2.45) is 0 Å². The van der Waals surface area contributed by atoms with Crippen molar-refractivity contribution in [3.05, 3.63) is 11.2 Å². The van der Waals surface area contributed by atoms with Crippen LogP contribution < -0.4 is 0 Å². The van der Waals surface area contributed by atoms with Crippen LogP contribution in [0, 0.1) is 11.3 Å². The molecular formula is C4H2N2OS. The first-order valence-electron chi connectivity index (χ1n) is 1.88. The van der Waals surface area contributed by atoms with Crippen LogP contribution in [0.4, 0.5) is 0 Å². The van der Waals surface area contributed by atoms with E-state index in [4.69, 9.17) is 10.4 Å². The molecule has 0 atom stereocenters. The van der Waals surface area contributed by atoms with Gasteiger partial charge in [0.1, 0.15) is 6.07 Å². The fraction of sp³-hybridized carbons (Fsp3) is 0. The van der Waals surface area contributed by atoms with E-state index in [0.29, 0.717) is 5.01 Å². The maximum atomic E-state index is 8.59. The number of aromatic hydroxyl groups is 1. The van der Waals surface area contributed by atoms with Gasteiger partial charge in [-0.3, -0.25) is 0 Å². The first-order valence-corrected chi connectivity index (χ1v) is 2.69. The predicted molar refractivity (Wildman–Crippen MR) is 28.5 cm³/mol. The van der Waals surface area contributed by atoms with Crippen LogP contribution in [-0.4, -0.2) is 10.1 Å². The molecule has 40 valence electrons. The third kappa shape index (κ3) is 0.768. The van der Waals surface area contributed by atoms with Crippen LogP contribution in [0.1, 0.15) is 5.01 Å². The van der Waals surface area contributed by atoms with Crippen molar-refractivity contribution in [1.82, 2.24) is 4.98 Å². The molecule has 1 heterocycles. The highest BCUT2D eigenvalue weighted by atomic mass is 32.1. The van der Waals surface area contributed by atoms with E-state index >= 15 is 0 Å². The van der Waals surface area contributed by atoms with E-state index in [0.717, 1.165) is 11.3 Å². The predicted octanol–water partition coefficient (Wildman–Crippen LogP) is 0.720. The fourth-order valence-electron chi connectivity index (χ4n) is 0.317. The fourth-order valence-corrected chi connectivity index (χ4v) is 0.772. The number of nitriles is 1. The zero-order chi connectivity index (χ0) is 5.98. The average Bonchev–Trinajstić information content (AvgIpc) is 2.14. The maximum absolute atomic E-state index is 8.59. The van der Waals surface area contributed by atoms with Gasteiger partial charge in [-0.15, -0.1) is 0 Å². The quantitative estimate of drug-likeness (QED) is 0.557. The normalized spacial score (nSPS) is 8.38. The summed E-state index contributed by atoms with van der Waals surface area (Å²) in [5, 5.41) is 17.1. The lowest BCUT2D eigenvalue weighted by Gasteiger charge is -1.67. The van der Waals surface area contributed by atoms with Crippen LogP contribution in [0.2, 0.25) is 0 Å². The van der Waals surface area contributed by atoms with Crippen molar-refractivity contribution in [3.8, 4) is 11.1 Å². The van der Waals surface area contributed by atoms with Gasteiger partial charge in [0.15, 0.2) is 10.1 Å². The largest absolute Gasteiger partial charge is 0.498 e. The molecular weight excluding hydrogens is 124 g/mol. The topological polar surface area (TPSA) is 56.9 Å². The monoisotopic (exact) mass is 126 g/mol. The zero-order valence-corrected chi connectivity index (χ0v) is 4.64. The maximum Gasteiger partial charge on any atom is 0.197 e. The van der Waals surface area contributed by atoms with Gasteiger partial charge in [0, 0.05) is 0 Å². The summed E-state index contributed by atoms with van der Waals surface area (Å²) in [6, 6.07) is 1.80. The highest BCUT2D eigenvalue weighted by molar-refractivity contribution is 7.13. The van der Waals surface area contributed by atoms with Gasteiger partial charge in [0.05, 0.1) is 6.20 Å². The minimum absolute atomic E-state index is 0.0848. The van der Waals surface area contributed by atoms with Gasteiger partial charge in [-0.1, -0.05) is 11.3 Å². The van der Waals surface area contributed by atoms with Gasteiger partial charge in [-0.2, -0.15) is 5.26 Å². The summed E-state index contributed by atoms with van der Waals surface area (Å²) in [4.78, 5) is 3.54. The molecule has 0 aliphatic rings. The molecule has 0 aromatic carbocycles. The summed E-state index contributed by atoms with van der Waals surface area (Å²) in [6.45, 7) is 0. The molecule has 0 saturated heterocycles. The van der Waals surface area contributed by atoms with Crippen LogP contribution in [0.25, 0.3) is 0 Å². The van der Waals surface area contributed by atoms with Crippen LogP contribution >= 0.6 is 11.3 Å². The van der Waals surface area contributed by atoms with Gasteiger partial charge in [0.2, 0.25) is 0 Å². The molecule has 0 amide bonds. The summed E-state index contributed by atoms with van der Waals surface area (Å²) in [5.74, 6) is 0. The summed E-state index contributed by atoms with van der Waals surface area (Å²) < 4.78 is 0. The third-order valence-corrected chi connectivity index (χ3v) is 1.29. The molecule has 0 aliphatic carbocycles. The first-order chi connectivity index (χ1) is 3.83. The Labute approximate surface area is 49.8 Å². The van der Waals surface area contributed by atoms with E-state index in [9.17, 15) is 0 Å². The second-order valence-corrected chi connectivity index (χ2v) is 2.12. The molecule has 0 unspecified atom stereocenters. The molecule has 4 heteroatoms. The highest BCUT2D eigenvalue weighted by Gasteiger charge is 1.94. The molecule has 0 bridgehead atoms. The van der Waals surface area contributed by atoms with Crippen molar-refractivity contribution in [3.63, 3.8) is 0 Å². The second-order valence-electron chi connectivity index (χ2n) is 1.12. The van der Waals surface area contributed by atoms with Gasteiger partial charge in [0.25, 0.3) is 0 Å². The molecule has 0 fully saturated rings. The molecule has 0 saturated carbocycles.